The molecule has 0 saturated heterocycles. The summed E-state index contributed by atoms with van der Waals surface area (Å²) in [5, 5.41) is 8.67. The molecule has 3 N–H and O–H groups in total. The van der Waals surface area contributed by atoms with Gasteiger partial charge in [-0.3, -0.25) is 0 Å². The van der Waals surface area contributed by atoms with Crippen LogP contribution in [-0.4, -0.2) is 17.6 Å². The van der Waals surface area contributed by atoms with Crippen LogP contribution in [0.25, 0.3) is 0 Å². The van der Waals surface area contributed by atoms with Crippen LogP contribution in [0.4, 0.5) is 8.78 Å². The third-order valence-electron chi connectivity index (χ3n) is 2.63. The number of rotatable bonds is 5. The molecular weight excluding hydrogens is 292 g/mol. The highest BCUT2D eigenvalue weighted by molar-refractivity contribution is 9.10. The lowest BCUT2D eigenvalue weighted by molar-refractivity contribution is -0.0713. The second-order valence-electron chi connectivity index (χ2n) is 3.99. The molecule has 0 radical (unpaired) electrons. The van der Waals surface area contributed by atoms with Gasteiger partial charge in [-0.05, 0) is 29.7 Å². The summed E-state index contributed by atoms with van der Waals surface area (Å²) in [5.41, 5.74) is 6.74. The highest BCUT2D eigenvalue weighted by Crippen LogP contribution is 2.32. The lowest BCUT2D eigenvalue weighted by atomic mass is 9.94. The molecule has 0 saturated carbocycles. The number of alkyl halides is 2. The quantitative estimate of drug-likeness (QED) is 0.878. The molecule has 2 nitrogen and oxygen atoms in total. The van der Waals surface area contributed by atoms with Crippen molar-refractivity contribution in [3.63, 3.8) is 0 Å². The molecule has 1 rings (SSSR count). The molecule has 0 aliphatic carbocycles. The zero-order valence-corrected chi connectivity index (χ0v) is 11.2. The summed E-state index contributed by atoms with van der Waals surface area (Å²) in [6.45, 7) is 0.730. The predicted octanol–water partition coefficient (Wildman–Crippen LogP) is 3.03. The van der Waals surface area contributed by atoms with E-state index in [1.807, 2.05) is 6.92 Å². The molecule has 1 atom stereocenters. The van der Waals surface area contributed by atoms with Gasteiger partial charge in [0.25, 0.3) is 5.92 Å². The lowest BCUT2D eigenvalue weighted by Gasteiger charge is -2.24. The minimum absolute atomic E-state index is 0.389. The second-order valence-corrected chi connectivity index (χ2v) is 4.91. The topological polar surface area (TPSA) is 46.2 Å². The third-order valence-corrected chi connectivity index (χ3v) is 3.12. The Hall–Kier alpha value is -0.520. The molecule has 0 aliphatic heterocycles. The summed E-state index contributed by atoms with van der Waals surface area (Å²) in [5.74, 6) is -3.30. The first-order valence-electron chi connectivity index (χ1n) is 5.45. The molecule has 96 valence electrons. The zero-order chi connectivity index (χ0) is 13.1. The largest absolute Gasteiger partial charge is 0.390 e. The van der Waals surface area contributed by atoms with E-state index in [2.05, 4.69) is 15.9 Å². The fourth-order valence-corrected chi connectivity index (χ4v) is 2.06. The van der Waals surface area contributed by atoms with Crippen LogP contribution in [0.3, 0.4) is 0 Å². The Morgan fingerprint density at radius 3 is 2.65 bits per heavy atom. The van der Waals surface area contributed by atoms with Crippen molar-refractivity contribution >= 4 is 15.9 Å². The van der Waals surface area contributed by atoms with Crippen molar-refractivity contribution in [1.82, 2.24) is 0 Å². The fourth-order valence-electron chi connectivity index (χ4n) is 1.68. The van der Waals surface area contributed by atoms with Crippen molar-refractivity contribution in [3.8, 4) is 0 Å². The molecule has 0 heterocycles. The summed E-state index contributed by atoms with van der Waals surface area (Å²) in [4.78, 5) is 0. The van der Waals surface area contributed by atoms with Crippen LogP contribution in [0.5, 0.6) is 0 Å². The van der Waals surface area contributed by atoms with Crippen LogP contribution < -0.4 is 5.73 Å². The average molecular weight is 308 g/mol. The Morgan fingerprint density at radius 1 is 1.47 bits per heavy atom. The van der Waals surface area contributed by atoms with E-state index >= 15 is 0 Å². The molecule has 1 unspecified atom stereocenters. The van der Waals surface area contributed by atoms with Crippen molar-refractivity contribution in [2.45, 2.75) is 31.7 Å². The van der Waals surface area contributed by atoms with Crippen molar-refractivity contribution in [2.75, 3.05) is 6.61 Å². The van der Waals surface area contributed by atoms with Crippen molar-refractivity contribution in [2.24, 2.45) is 5.73 Å². The number of benzene rings is 1. The predicted molar refractivity (Wildman–Crippen MR) is 67.1 cm³/mol. The molecule has 1 aromatic rings. The molecule has 0 amide bonds. The van der Waals surface area contributed by atoms with E-state index in [1.54, 1.807) is 18.2 Å². The second kappa shape index (κ2) is 5.89. The molecular formula is C12H16BrF2NO. The smallest absolute Gasteiger partial charge is 0.289 e. The number of aliphatic hydroxyl groups excluding tert-OH is 1. The van der Waals surface area contributed by atoms with E-state index in [0.717, 1.165) is 12.0 Å². The van der Waals surface area contributed by atoms with E-state index in [-0.39, 0.29) is 0 Å². The Bertz CT molecular complexity index is 385. The fraction of sp³-hybridized carbons (Fsp3) is 0.500. The Kier molecular flexibility index (Phi) is 5.04. The summed E-state index contributed by atoms with van der Waals surface area (Å²) in [7, 11) is 0. The lowest BCUT2D eigenvalue weighted by Crippen LogP contribution is -2.36. The van der Waals surface area contributed by atoms with Crippen LogP contribution in [0.15, 0.2) is 22.7 Å². The standard InChI is InChI=1S/C12H16BrF2NO/c1-2-3-8-4-5-9(13)6-10(8)11(16)12(14,15)7-17/h4-6,11,17H,2-3,7,16H2,1H3. The number of aliphatic hydroxyl groups is 1. The SMILES string of the molecule is CCCc1ccc(Br)cc1C(N)C(F)(F)CO. The van der Waals surface area contributed by atoms with Gasteiger partial charge in [-0.1, -0.05) is 35.3 Å². The van der Waals surface area contributed by atoms with Crippen LogP contribution in [0.1, 0.15) is 30.5 Å². The van der Waals surface area contributed by atoms with Gasteiger partial charge in [0.1, 0.15) is 6.61 Å². The monoisotopic (exact) mass is 307 g/mol. The Morgan fingerprint density at radius 2 is 2.12 bits per heavy atom. The normalized spacial score (nSPS) is 13.8. The minimum Gasteiger partial charge on any atom is -0.390 e. The highest BCUT2D eigenvalue weighted by atomic mass is 79.9. The molecule has 17 heavy (non-hydrogen) atoms. The number of aryl methyl sites for hydroxylation is 1. The summed E-state index contributed by atoms with van der Waals surface area (Å²) in [6, 6.07) is 3.71. The summed E-state index contributed by atoms with van der Waals surface area (Å²) in [6.07, 6.45) is 1.55. The molecule has 0 aliphatic rings. The minimum atomic E-state index is -3.30. The third kappa shape index (κ3) is 3.47. The van der Waals surface area contributed by atoms with Gasteiger partial charge in [-0.25, -0.2) is 8.78 Å². The van der Waals surface area contributed by atoms with E-state index in [1.165, 1.54) is 0 Å². The van der Waals surface area contributed by atoms with Gasteiger partial charge in [-0.15, -0.1) is 0 Å². The van der Waals surface area contributed by atoms with Gasteiger partial charge in [0.05, 0.1) is 6.04 Å². The maximum Gasteiger partial charge on any atom is 0.289 e. The molecule has 0 aromatic heterocycles. The highest BCUT2D eigenvalue weighted by Gasteiger charge is 2.38. The van der Waals surface area contributed by atoms with Crippen molar-refractivity contribution in [1.29, 1.82) is 0 Å². The van der Waals surface area contributed by atoms with Gasteiger partial charge >= 0.3 is 0 Å². The maximum atomic E-state index is 13.4. The first-order chi connectivity index (χ1) is 7.92. The van der Waals surface area contributed by atoms with Crippen LogP contribution in [0.2, 0.25) is 0 Å². The van der Waals surface area contributed by atoms with E-state index in [4.69, 9.17) is 10.8 Å². The number of nitrogens with two attached hydrogens (primary N) is 1. The number of hydrogen-bond donors (Lipinski definition) is 2. The number of halogens is 3. The van der Waals surface area contributed by atoms with Gasteiger partial charge in [0.15, 0.2) is 0 Å². The summed E-state index contributed by atoms with van der Waals surface area (Å²) >= 11 is 3.24. The van der Waals surface area contributed by atoms with Crippen LogP contribution >= 0.6 is 15.9 Å². The molecule has 1 aromatic carbocycles. The Balaban J connectivity index is 3.14. The average Bonchev–Trinajstić information content (AvgIpc) is 2.30. The molecule has 0 fully saturated rings. The van der Waals surface area contributed by atoms with Crippen LogP contribution in [0, 0.1) is 0 Å². The van der Waals surface area contributed by atoms with E-state index in [9.17, 15) is 8.78 Å². The van der Waals surface area contributed by atoms with Gasteiger partial charge in [0, 0.05) is 4.47 Å². The van der Waals surface area contributed by atoms with Gasteiger partial charge in [0.2, 0.25) is 0 Å². The molecule has 5 heteroatoms. The Labute approximate surface area is 108 Å². The van der Waals surface area contributed by atoms with E-state index < -0.39 is 18.6 Å². The van der Waals surface area contributed by atoms with Gasteiger partial charge in [-0.2, -0.15) is 0 Å². The summed E-state index contributed by atoms with van der Waals surface area (Å²) < 4.78 is 27.5. The van der Waals surface area contributed by atoms with Gasteiger partial charge < -0.3 is 10.8 Å². The van der Waals surface area contributed by atoms with Crippen molar-refractivity contribution < 1.29 is 13.9 Å². The van der Waals surface area contributed by atoms with Crippen LogP contribution in [-0.2, 0) is 6.42 Å². The first-order valence-corrected chi connectivity index (χ1v) is 6.24. The number of hydrogen-bond acceptors (Lipinski definition) is 2. The molecule has 0 spiro atoms. The first kappa shape index (κ1) is 14.5. The zero-order valence-electron chi connectivity index (χ0n) is 9.59. The maximum absolute atomic E-state index is 13.4. The van der Waals surface area contributed by atoms with Crippen molar-refractivity contribution in [3.05, 3.63) is 33.8 Å². The molecule has 0 bridgehead atoms. The van der Waals surface area contributed by atoms with E-state index in [0.29, 0.717) is 16.5 Å².